The Morgan fingerprint density at radius 1 is 1.28 bits per heavy atom. The molecular formula is C16H25NS. The van der Waals surface area contributed by atoms with Crippen molar-refractivity contribution in [1.82, 2.24) is 5.32 Å². The van der Waals surface area contributed by atoms with Crippen LogP contribution in [-0.2, 0) is 0 Å². The number of hydrogen-bond donors (Lipinski definition) is 1. The SMILES string of the molecule is CC(C)C(NCC1(C)CCCS1)c1ccccc1. The molecule has 0 saturated carbocycles. The van der Waals surface area contributed by atoms with Gasteiger partial charge >= 0.3 is 0 Å². The van der Waals surface area contributed by atoms with E-state index in [1.807, 2.05) is 0 Å². The van der Waals surface area contributed by atoms with E-state index in [9.17, 15) is 0 Å². The van der Waals surface area contributed by atoms with Gasteiger partial charge < -0.3 is 5.32 Å². The second-order valence-electron chi connectivity index (χ2n) is 5.92. The first kappa shape index (κ1) is 14.0. The van der Waals surface area contributed by atoms with Gasteiger partial charge in [0, 0.05) is 17.3 Å². The van der Waals surface area contributed by atoms with Gasteiger partial charge in [-0.05, 0) is 37.0 Å². The fourth-order valence-electron chi connectivity index (χ4n) is 2.70. The molecule has 1 fully saturated rings. The maximum atomic E-state index is 3.80. The zero-order chi connectivity index (χ0) is 13.0. The van der Waals surface area contributed by atoms with Crippen LogP contribution in [0.5, 0.6) is 0 Å². The molecule has 2 rings (SSSR count). The minimum absolute atomic E-state index is 0.446. The van der Waals surface area contributed by atoms with E-state index in [4.69, 9.17) is 0 Å². The average Bonchev–Trinajstić information content (AvgIpc) is 2.78. The minimum atomic E-state index is 0.446. The maximum Gasteiger partial charge on any atom is 0.0343 e. The molecular weight excluding hydrogens is 238 g/mol. The zero-order valence-corrected chi connectivity index (χ0v) is 12.6. The molecule has 1 heterocycles. The van der Waals surface area contributed by atoms with E-state index in [1.54, 1.807) is 0 Å². The molecule has 2 unspecified atom stereocenters. The lowest BCUT2D eigenvalue weighted by molar-refractivity contribution is 0.388. The molecule has 1 N–H and O–H groups in total. The largest absolute Gasteiger partial charge is 0.308 e. The number of thioether (sulfide) groups is 1. The summed E-state index contributed by atoms with van der Waals surface area (Å²) in [5.41, 5.74) is 1.42. The van der Waals surface area contributed by atoms with Crippen molar-refractivity contribution >= 4 is 11.8 Å². The highest BCUT2D eigenvalue weighted by Crippen LogP contribution is 2.37. The van der Waals surface area contributed by atoms with E-state index < -0.39 is 0 Å². The summed E-state index contributed by atoms with van der Waals surface area (Å²) < 4.78 is 0.446. The summed E-state index contributed by atoms with van der Waals surface area (Å²) in [6.45, 7) is 8.12. The smallest absolute Gasteiger partial charge is 0.0343 e. The van der Waals surface area contributed by atoms with E-state index in [-0.39, 0.29) is 0 Å². The van der Waals surface area contributed by atoms with E-state index in [1.165, 1.54) is 24.2 Å². The molecule has 1 saturated heterocycles. The van der Waals surface area contributed by atoms with Crippen molar-refractivity contribution in [3.05, 3.63) is 35.9 Å². The van der Waals surface area contributed by atoms with Gasteiger partial charge in [0.1, 0.15) is 0 Å². The maximum absolute atomic E-state index is 3.80. The topological polar surface area (TPSA) is 12.0 Å². The normalized spacial score (nSPS) is 25.6. The van der Waals surface area contributed by atoms with Gasteiger partial charge in [0.2, 0.25) is 0 Å². The van der Waals surface area contributed by atoms with Gasteiger partial charge in [0.05, 0.1) is 0 Å². The van der Waals surface area contributed by atoms with Gasteiger partial charge in [0.25, 0.3) is 0 Å². The van der Waals surface area contributed by atoms with Gasteiger partial charge in [-0.25, -0.2) is 0 Å². The molecule has 1 aromatic rings. The van der Waals surface area contributed by atoms with E-state index in [2.05, 4.69) is 68.2 Å². The van der Waals surface area contributed by atoms with Crippen molar-refractivity contribution in [1.29, 1.82) is 0 Å². The number of hydrogen-bond acceptors (Lipinski definition) is 2. The van der Waals surface area contributed by atoms with Crippen LogP contribution in [0.1, 0.15) is 45.2 Å². The van der Waals surface area contributed by atoms with Crippen LogP contribution in [0.2, 0.25) is 0 Å². The highest BCUT2D eigenvalue weighted by Gasteiger charge is 2.30. The summed E-state index contributed by atoms with van der Waals surface area (Å²) >= 11 is 2.13. The lowest BCUT2D eigenvalue weighted by atomic mass is 9.95. The van der Waals surface area contributed by atoms with Crippen molar-refractivity contribution in [2.75, 3.05) is 12.3 Å². The van der Waals surface area contributed by atoms with E-state index >= 15 is 0 Å². The number of rotatable bonds is 5. The van der Waals surface area contributed by atoms with E-state index in [0.717, 1.165) is 6.54 Å². The summed E-state index contributed by atoms with van der Waals surface area (Å²) in [5, 5.41) is 3.80. The Balaban J connectivity index is 1.99. The minimum Gasteiger partial charge on any atom is -0.308 e. The van der Waals surface area contributed by atoms with Crippen LogP contribution in [-0.4, -0.2) is 17.0 Å². The van der Waals surface area contributed by atoms with Crippen LogP contribution in [0.4, 0.5) is 0 Å². The third-order valence-corrected chi connectivity index (χ3v) is 5.36. The summed E-state index contributed by atoms with van der Waals surface area (Å²) in [7, 11) is 0. The van der Waals surface area contributed by atoms with Crippen LogP contribution >= 0.6 is 11.8 Å². The van der Waals surface area contributed by atoms with Crippen LogP contribution in [0.3, 0.4) is 0 Å². The summed E-state index contributed by atoms with van der Waals surface area (Å²) in [6, 6.07) is 11.3. The van der Waals surface area contributed by atoms with Crippen molar-refractivity contribution in [3.63, 3.8) is 0 Å². The lowest BCUT2D eigenvalue weighted by Crippen LogP contribution is -2.37. The Morgan fingerprint density at radius 3 is 2.56 bits per heavy atom. The third-order valence-electron chi connectivity index (χ3n) is 3.82. The first-order chi connectivity index (χ1) is 8.61. The molecule has 1 nitrogen and oxygen atoms in total. The van der Waals surface area contributed by atoms with Crippen LogP contribution < -0.4 is 5.32 Å². The first-order valence-electron chi connectivity index (χ1n) is 7.03. The Morgan fingerprint density at radius 2 is 2.00 bits per heavy atom. The molecule has 0 aliphatic carbocycles. The molecule has 0 amide bonds. The Labute approximate surface area is 116 Å². The Kier molecular flexibility index (Phi) is 4.74. The molecule has 100 valence electrons. The fourth-order valence-corrected chi connectivity index (χ4v) is 3.96. The fraction of sp³-hybridized carbons (Fsp3) is 0.625. The summed E-state index contributed by atoms with van der Waals surface area (Å²) in [6.07, 6.45) is 2.73. The second kappa shape index (κ2) is 6.12. The first-order valence-corrected chi connectivity index (χ1v) is 8.02. The molecule has 1 aromatic carbocycles. The molecule has 1 aliphatic rings. The highest BCUT2D eigenvalue weighted by atomic mass is 32.2. The predicted molar refractivity (Wildman–Crippen MR) is 82.1 cm³/mol. The van der Waals surface area contributed by atoms with Crippen LogP contribution in [0, 0.1) is 5.92 Å². The molecule has 0 aromatic heterocycles. The number of nitrogens with one attached hydrogen (secondary N) is 1. The average molecular weight is 263 g/mol. The molecule has 0 spiro atoms. The quantitative estimate of drug-likeness (QED) is 0.852. The Bertz CT molecular complexity index is 355. The van der Waals surface area contributed by atoms with Gasteiger partial charge in [-0.3, -0.25) is 0 Å². The lowest BCUT2D eigenvalue weighted by Gasteiger charge is -2.29. The van der Waals surface area contributed by atoms with Gasteiger partial charge in [-0.1, -0.05) is 44.2 Å². The zero-order valence-electron chi connectivity index (χ0n) is 11.8. The van der Waals surface area contributed by atoms with Gasteiger partial charge in [-0.15, -0.1) is 0 Å². The molecule has 0 bridgehead atoms. The van der Waals surface area contributed by atoms with Crippen molar-refractivity contribution in [3.8, 4) is 0 Å². The Hall–Kier alpha value is -0.470. The van der Waals surface area contributed by atoms with E-state index in [0.29, 0.717) is 16.7 Å². The monoisotopic (exact) mass is 263 g/mol. The van der Waals surface area contributed by atoms with Crippen LogP contribution in [0.25, 0.3) is 0 Å². The van der Waals surface area contributed by atoms with Gasteiger partial charge in [0.15, 0.2) is 0 Å². The second-order valence-corrected chi connectivity index (χ2v) is 7.60. The van der Waals surface area contributed by atoms with Crippen molar-refractivity contribution in [2.45, 2.75) is 44.4 Å². The predicted octanol–water partition coefficient (Wildman–Crippen LogP) is 4.26. The third kappa shape index (κ3) is 3.52. The molecule has 2 heteroatoms. The molecule has 1 aliphatic heterocycles. The summed E-state index contributed by atoms with van der Waals surface area (Å²) in [4.78, 5) is 0. The molecule has 18 heavy (non-hydrogen) atoms. The summed E-state index contributed by atoms with van der Waals surface area (Å²) in [5.74, 6) is 1.96. The molecule has 0 radical (unpaired) electrons. The van der Waals surface area contributed by atoms with Crippen LogP contribution in [0.15, 0.2) is 30.3 Å². The van der Waals surface area contributed by atoms with Crippen molar-refractivity contribution < 1.29 is 0 Å². The highest BCUT2D eigenvalue weighted by molar-refractivity contribution is 8.00. The number of benzene rings is 1. The molecule has 2 atom stereocenters. The standard InChI is InChI=1S/C16H25NS/c1-13(2)15(14-8-5-4-6-9-14)17-12-16(3)10-7-11-18-16/h4-6,8-9,13,15,17H,7,10-12H2,1-3H3. The van der Waals surface area contributed by atoms with Gasteiger partial charge in [-0.2, -0.15) is 11.8 Å². The van der Waals surface area contributed by atoms with Crippen molar-refractivity contribution in [2.24, 2.45) is 5.92 Å².